The van der Waals surface area contributed by atoms with Crippen LogP contribution in [0.1, 0.15) is 11.1 Å². The number of phenolic OH excluding ortho intramolecular Hbond substituents is 2. The maximum absolute atomic E-state index is 10.6. The minimum atomic E-state index is -1.67. The quantitative estimate of drug-likeness (QED) is 0.0951. The summed E-state index contributed by atoms with van der Waals surface area (Å²) in [4.78, 5) is 0. The maximum atomic E-state index is 10.6. The third-order valence-corrected chi connectivity index (χ3v) is 8.80. The van der Waals surface area contributed by atoms with Crippen LogP contribution in [0.3, 0.4) is 0 Å². The number of ether oxygens (including phenoxy) is 6. The molecular formula is C32H46O16. The number of methoxy groups -OCH3 is 2. The van der Waals surface area contributed by atoms with Gasteiger partial charge in [-0.15, -0.1) is 0 Å². The van der Waals surface area contributed by atoms with Crippen molar-refractivity contribution in [2.24, 2.45) is 11.8 Å². The van der Waals surface area contributed by atoms with Crippen LogP contribution < -0.4 is 9.47 Å². The van der Waals surface area contributed by atoms with Crippen molar-refractivity contribution in [2.75, 3.05) is 40.6 Å². The van der Waals surface area contributed by atoms with E-state index in [0.717, 1.165) is 0 Å². The molecular weight excluding hydrogens is 640 g/mol. The van der Waals surface area contributed by atoms with Crippen LogP contribution in [0.5, 0.6) is 23.0 Å². The summed E-state index contributed by atoms with van der Waals surface area (Å²) in [6, 6.07) is 9.47. The number of phenols is 2. The molecule has 0 saturated carbocycles. The summed E-state index contributed by atoms with van der Waals surface area (Å²) >= 11 is 0. The average Bonchev–Trinajstić information content (AvgIpc) is 3.09. The Kier molecular flexibility index (Phi) is 13.6. The van der Waals surface area contributed by atoms with Gasteiger partial charge in [0, 0.05) is 0 Å². The predicted octanol–water partition coefficient (Wildman–Crippen LogP) is -2.23. The van der Waals surface area contributed by atoms with Gasteiger partial charge >= 0.3 is 0 Å². The van der Waals surface area contributed by atoms with Crippen LogP contribution in [-0.2, 0) is 31.8 Å². The molecule has 0 bridgehead atoms. The number of benzene rings is 2. The second-order valence-corrected chi connectivity index (χ2v) is 12.0. The Morgan fingerprint density at radius 1 is 0.583 bits per heavy atom. The Bertz CT molecular complexity index is 1200. The van der Waals surface area contributed by atoms with Gasteiger partial charge in [0.2, 0.25) is 0 Å². The lowest BCUT2D eigenvalue weighted by atomic mass is 9.83. The Labute approximate surface area is 276 Å². The van der Waals surface area contributed by atoms with Gasteiger partial charge < -0.3 is 79.5 Å². The molecule has 0 aromatic heterocycles. The SMILES string of the molecule is COc1cc(C[C@@H](COC2O[C@H](CO)[C@@H](O)[C@H](O)[C@H]2O)[C@H](CO[C@@H]2O[C@H](CO)[C@@H](O)[C@H](O)[C@H]2O)Cc2ccc(O)c(OC)c2)ccc1O. The second-order valence-electron chi connectivity index (χ2n) is 12.0. The van der Waals surface area contributed by atoms with Gasteiger partial charge in [-0.1, -0.05) is 12.1 Å². The molecule has 2 heterocycles. The van der Waals surface area contributed by atoms with E-state index in [2.05, 4.69) is 0 Å². The number of hydrogen-bond acceptors (Lipinski definition) is 16. The number of aliphatic hydroxyl groups excluding tert-OH is 8. The van der Waals surface area contributed by atoms with Gasteiger partial charge in [-0.05, 0) is 60.1 Å². The van der Waals surface area contributed by atoms with E-state index in [-0.39, 0.29) is 49.1 Å². The third kappa shape index (κ3) is 8.84. The van der Waals surface area contributed by atoms with Gasteiger partial charge in [-0.2, -0.15) is 0 Å². The summed E-state index contributed by atoms with van der Waals surface area (Å²) in [6.45, 7) is -1.63. The van der Waals surface area contributed by atoms with E-state index in [1.165, 1.54) is 26.4 Å². The Balaban J connectivity index is 1.66. The largest absolute Gasteiger partial charge is 0.504 e. The number of hydrogen-bond donors (Lipinski definition) is 10. The zero-order chi connectivity index (χ0) is 35.1. The van der Waals surface area contributed by atoms with Crippen molar-refractivity contribution in [3.05, 3.63) is 47.5 Å². The second kappa shape index (κ2) is 17.2. The van der Waals surface area contributed by atoms with Gasteiger partial charge in [-0.25, -0.2) is 0 Å². The van der Waals surface area contributed by atoms with Crippen LogP contribution >= 0.6 is 0 Å². The van der Waals surface area contributed by atoms with Gasteiger partial charge in [-0.3, -0.25) is 0 Å². The smallest absolute Gasteiger partial charge is 0.186 e. The molecule has 16 heteroatoms. The zero-order valence-corrected chi connectivity index (χ0v) is 26.6. The van der Waals surface area contributed by atoms with Crippen LogP contribution in [0.15, 0.2) is 36.4 Å². The molecule has 2 aromatic rings. The molecule has 0 spiro atoms. The lowest BCUT2D eigenvalue weighted by molar-refractivity contribution is -0.308. The normalized spacial score (nSPS) is 32.0. The molecule has 4 rings (SSSR count). The van der Waals surface area contributed by atoms with E-state index in [1.807, 2.05) is 0 Å². The predicted molar refractivity (Wildman–Crippen MR) is 163 cm³/mol. The van der Waals surface area contributed by atoms with E-state index in [4.69, 9.17) is 28.4 Å². The van der Waals surface area contributed by atoms with Crippen molar-refractivity contribution in [1.29, 1.82) is 0 Å². The van der Waals surface area contributed by atoms with Crippen LogP contribution in [0.4, 0.5) is 0 Å². The lowest BCUT2D eigenvalue weighted by Gasteiger charge is -2.41. The topological polar surface area (TPSA) is 258 Å². The van der Waals surface area contributed by atoms with Crippen LogP contribution in [0, 0.1) is 11.8 Å². The number of aliphatic hydroxyl groups is 8. The van der Waals surface area contributed by atoms with Crippen molar-refractivity contribution in [3.8, 4) is 23.0 Å². The van der Waals surface area contributed by atoms with E-state index in [0.29, 0.717) is 11.1 Å². The van der Waals surface area contributed by atoms with Crippen LogP contribution in [-0.4, -0.2) is 153 Å². The van der Waals surface area contributed by atoms with Gasteiger partial charge in [0.15, 0.2) is 35.6 Å². The van der Waals surface area contributed by atoms with Gasteiger partial charge in [0.05, 0.1) is 40.6 Å². The first-order valence-electron chi connectivity index (χ1n) is 15.5. The molecule has 12 atom stereocenters. The monoisotopic (exact) mass is 686 g/mol. The summed E-state index contributed by atoms with van der Waals surface area (Å²) in [6.07, 6.45) is -14.7. The molecule has 10 N–H and O–H groups in total. The minimum Gasteiger partial charge on any atom is -0.504 e. The molecule has 48 heavy (non-hydrogen) atoms. The molecule has 270 valence electrons. The van der Waals surface area contributed by atoms with Crippen molar-refractivity contribution in [2.45, 2.75) is 74.3 Å². The molecule has 0 amide bonds. The molecule has 16 nitrogen and oxygen atoms in total. The van der Waals surface area contributed by atoms with Crippen LogP contribution in [0.2, 0.25) is 0 Å². The van der Waals surface area contributed by atoms with Gasteiger partial charge in [0.1, 0.15) is 48.8 Å². The first-order valence-corrected chi connectivity index (χ1v) is 15.5. The standard InChI is InChI=1S/C32H46O16/c1-43-21-9-15(3-5-19(21)35)7-17(13-45-31-29(41)27(39)25(37)23(11-33)47-31)18(8-16-4-6-20(36)22(10-16)44-2)14-46-32-30(42)28(40)26(38)24(12-34)48-32/h3-6,9-10,17-18,23-42H,7-8,11-14H2,1-2H3/t17-,18-,23+,24+,25+,26+,27-,28-,29+,30+,31+,32?/m0/s1. The third-order valence-electron chi connectivity index (χ3n) is 8.80. The van der Waals surface area contributed by atoms with Crippen molar-refractivity contribution < 1.29 is 79.5 Å². The fraction of sp³-hybridized carbons (Fsp3) is 0.625. The summed E-state index contributed by atoms with van der Waals surface area (Å²) < 4.78 is 33.6. The average molecular weight is 687 g/mol. The molecule has 0 aliphatic carbocycles. The summed E-state index contributed by atoms with van der Waals surface area (Å²) in [7, 11) is 2.79. The van der Waals surface area contributed by atoms with E-state index < -0.39 is 86.5 Å². The molecule has 2 fully saturated rings. The first-order chi connectivity index (χ1) is 22.9. The summed E-state index contributed by atoms with van der Waals surface area (Å²) in [5.41, 5.74) is 1.38. The van der Waals surface area contributed by atoms with Crippen molar-refractivity contribution >= 4 is 0 Å². The fourth-order valence-corrected chi connectivity index (χ4v) is 5.87. The fourth-order valence-electron chi connectivity index (χ4n) is 5.87. The maximum Gasteiger partial charge on any atom is 0.186 e. The van der Waals surface area contributed by atoms with Crippen molar-refractivity contribution in [1.82, 2.24) is 0 Å². The molecule has 1 unspecified atom stereocenters. The first kappa shape index (κ1) is 38.0. The van der Waals surface area contributed by atoms with Crippen LogP contribution in [0.25, 0.3) is 0 Å². The molecule has 2 aromatic carbocycles. The Hall–Kier alpha value is -2.84. The summed E-state index contributed by atoms with van der Waals surface area (Å²) in [5, 5.41) is 102. The van der Waals surface area contributed by atoms with E-state index >= 15 is 0 Å². The number of aromatic hydroxyl groups is 2. The highest BCUT2D eigenvalue weighted by Gasteiger charge is 2.46. The Morgan fingerprint density at radius 2 is 0.958 bits per heavy atom. The van der Waals surface area contributed by atoms with E-state index in [9.17, 15) is 51.1 Å². The highest BCUT2D eigenvalue weighted by atomic mass is 16.7. The highest BCUT2D eigenvalue weighted by molar-refractivity contribution is 5.43. The highest BCUT2D eigenvalue weighted by Crippen LogP contribution is 2.34. The lowest BCUT2D eigenvalue weighted by Crippen LogP contribution is -2.59. The summed E-state index contributed by atoms with van der Waals surface area (Å²) in [5.74, 6) is -0.854. The van der Waals surface area contributed by atoms with Crippen molar-refractivity contribution in [3.63, 3.8) is 0 Å². The molecule has 2 aliphatic heterocycles. The minimum absolute atomic E-state index is 0.0888. The molecule has 2 saturated heterocycles. The molecule has 2 aliphatic rings. The Morgan fingerprint density at radius 3 is 1.29 bits per heavy atom. The van der Waals surface area contributed by atoms with E-state index in [1.54, 1.807) is 24.3 Å². The molecule has 0 radical (unpaired) electrons. The number of rotatable bonds is 15. The van der Waals surface area contributed by atoms with Gasteiger partial charge in [0.25, 0.3) is 0 Å². The zero-order valence-electron chi connectivity index (χ0n) is 26.6.